The molecule has 6 aromatic carbocycles. The van der Waals surface area contributed by atoms with Crippen molar-refractivity contribution in [3.63, 3.8) is 0 Å². The number of anilines is 8. The highest BCUT2D eigenvalue weighted by Gasteiger charge is 2.58. The first-order valence-corrected chi connectivity index (χ1v) is 18.9. The van der Waals surface area contributed by atoms with Gasteiger partial charge < -0.3 is 14.7 Å². The molecule has 0 amide bonds. The molecule has 3 nitrogen and oxygen atoms in total. The zero-order chi connectivity index (χ0) is 34.3. The van der Waals surface area contributed by atoms with E-state index < -0.39 is 0 Å². The van der Waals surface area contributed by atoms with Gasteiger partial charge in [0.2, 0.25) is 0 Å². The number of para-hydroxylation sites is 3. The second-order valence-corrected chi connectivity index (χ2v) is 16.4. The molecule has 0 saturated heterocycles. The summed E-state index contributed by atoms with van der Waals surface area (Å²) >= 11 is 0. The summed E-state index contributed by atoms with van der Waals surface area (Å²) in [5.41, 5.74) is 18.8. The van der Waals surface area contributed by atoms with Gasteiger partial charge in [0.1, 0.15) is 0 Å². The van der Waals surface area contributed by atoms with Crippen LogP contribution in [0.4, 0.5) is 45.5 Å². The zero-order valence-corrected chi connectivity index (χ0v) is 29.9. The van der Waals surface area contributed by atoms with Crippen molar-refractivity contribution < 1.29 is 0 Å². The summed E-state index contributed by atoms with van der Waals surface area (Å²) in [4.78, 5) is 7.92. The lowest BCUT2D eigenvalue weighted by atomic mass is 9.28. The standard InChI is InChI=1S/C47H42BN3/c1-45(2)35-22-15-25-38-42(35)48-43-36(45)23-16-26-39(43)50(32-19-9-6-10-20-32)41-30-33(29-40(44(41)48)49(38)31-17-7-5-8-18-31)51-37-24-12-11-21-34(37)46(3)27-13-14-28-47(46,51)4/h5-12,15-26,29-30H,13-14,27-28H2,1-4H3. The third-order valence-corrected chi connectivity index (χ3v) is 13.8. The lowest BCUT2D eigenvalue weighted by molar-refractivity contribution is 0.195. The molecule has 0 bridgehead atoms. The van der Waals surface area contributed by atoms with Crippen molar-refractivity contribution >= 4 is 68.6 Å². The average molecular weight is 660 g/mol. The van der Waals surface area contributed by atoms with E-state index in [9.17, 15) is 0 Å². The molecule has 1 aliphatic carbocycles. The number of hydrogen-bond acceptors (Lipinski definition) is 3. The van der Waals surface area contributed by atoms with Gasteiger partial charge in [-0.2, -0.15) is 0 Å². The smallest absolute Gasteiger partial charge is 0.252 e. The number of rotatable bonds is 3. The zero-order valence-electron chi connectivity index (χ0n) is 29.9. The Bertz CT molecular complexity index is 2300. The molecule has 0 aromatic heterocycles. The van der Waals surface area contributed by atoms with Crippen molar-refractivity contribution in [1.29, 1.82) is 0 Å². The fraction of sp³-hybridized carbons (Fsp3) is 0.234. The highest BCUT2D eigenvalue weighted by atomic mass is 15.3. The van der Waals surface area contributed by atoms with E-state index in [1.54, 1.807) is 0 Å². The van der Waals surface area contributed by atoms with Crippen LogP contribution in [0.5, 0.6) is 0 Å². The van der Waals surface area contributed by atoms with E-state index >= 15 is 0 Å². The van der Waals surface area contributed by atoms with Crippen LogP contribution >= 0.6 is 0 Å². The second-order valence-electron chi connectivity index (χ2n) is 16.4. The Balaban J connectivity index is 1.29. The topological polar surface area (TPSA) is 9.72 Å². The molecule has 0 N–H and O–H groups in total. The number of benzene rings is 6. The molecule has 0 radical (unpaired) electrons. The molecule has 51 heavy (non-hydrogen) atoms. The number of fused-ring (bicyclic) bond motifs is 3. The molecule has 6 aromatic rings. The summed E-state index contributed by atoms with van der Waals surface area (Å²) in [5, 5.41) is 0. The maximum atomic E-state index is 2.76. The first kappa shape index (κ1) is 29.5. The van der Waals surface area contributed by atoms with Gasteiger partial charge in [0.05, 0.1) is 5.54 Å². The lowest BCUT2D eigenvalue weighted by Crippen LogP contribution is -2.67. The third kappa shape index (κ3) is 3.56. The summed E-state index contributed by atoms with van der Waals surface area (Å²) in [7, 11) is 0. The van der Waals surface area contributed by atoms with Crippen LogP contribution in [0, 0.1) is 0 Å². The normalized spacial score (nSPS) is 22.7. The van der Waals surface area contributed by atoms with E-state index in [2.05, 4.69) is 176 Å². The Hall–Kier alpha value is -5.22. The SMILES string of the molecule is CC1(C)c2cccc3c2B2c4c(cc(N5c6ccccc6C6(C)CCCCC56C)cc4N(c4ccccc4)c4cccc1c42)N3c1ccccc1. The van der Waals surface area contributed by atoms with E-state index in [-0.39, 0.29) is 23.1 Å². The van der Waals surface area contributed by atoms with Crippen LogP contribution in [0.1, 0.15) is 70.1 Å². The minimum Gasteiger partial charge on any atom is -0.334 e. The summed E-state index contributed by atoms with van der Waals surface area (Å²) < 4.78 is 0. The van der Waals surface area contributed by atoms with E-state index in [4.69, 9.17) is 0 Å². The van der Waals surface area contributed by atoms with Crippen LogP contribution in [-0.4, -0.2) is 12.3 Å². The molecule has 4 aliphatic heterocycles. The van der Waals surface area contributed by atoms with Crippen molar-refractivity contribution in [3.8, 4) is 0 Å². The van der Waals surface area contributed by atoms with Gasteiger partial charge >= 0.3 is 0 Å². The second kappa shape index (κ2) is 9.97. The van der Waals surface area contributed by atoms with Crippen LogP contribution in [0.15, 0.2) is 133 Å². The third-order valence-electron chi connectivity index (χ3n) is 13.8. The fourth-order valence-corrected chi connectivity index (χ4v) is 11.2. The Kier molecular flexibility index (Phi) is 5.77. The molecule has 0 spiro atoms. The summed E-state index contributed by atoms with van der Waals surface area (Å²) in [5.74, 6) is 0. The van der Waals surface area contributed by atoms with E-state index in [1.165, 1.54) is 104 Å². The van der Waals surface area contributed by atoms with Gasteiger partial charge in [0.15, 0.2) is 0 Å². The van der Waals surface area contributed by atoms with Crippen LogP contribution in [-0.2, 0) is 10.8 Å². The predicted molar refractivity (Wildman–Crippen MR) is 215 cm³/mol. The first-order chi connectivity index (χ1) is 24.8. The summed E-state index contributed by atoms with van der Waals surface area (Å²) in [6, 6.07) is 50.7. The monoisotopic (exact) mass is 659 g/mol. The number of hydrogen-bond donors (Lipinski definition) is 0. The molecule has 1 fully saturated rings. The highest BCUT2D eigenvalue weighted by molar-refractivity contribution is 7.01. The Labute approximate surface area is 302 Å². The Morgan fingerprint density at radius 1 is 0.451 bits per heavy atom. The Morgan fingerprint density at radius 2 is 0.941 bits per heavy atom. The molecule has 4 heterocycles. The largest absolute Gasteiger partial charge is 0.334 e. The molecule has 1 saturated carbocycles. The quantitative estimate of drug-likeness (QED) is 0.175. The summed E-state index contributed by atoms with van der Waals surface area (Å²) in [6.45, 7) is 10.1. The molecule has 2 atom stereocenters. The minimum absolute atomic E-state index is 0.0423. The molecule has 4 heteroatoms. The molecule has 2 unspecified atom stereocenters. The summed E-state index contributed by atoms with van der Waals surface area (Å²) in [6.07, 6.45) is 4.92. The van der Waals surface area contributed by atoms with Gasteiger partial charge in [0.25, 0.3) is 6.71 Å². The van der Waals surface area contributed by atoms with Crippen molar-refractivity contribution in [2.24, 2.45) is 0 Å². The fourth-order valence-electron chi connectivity index (χ4n) is 11.2. The van der Waals surface area contributed by atoms with Gasteiger partial charge in [-0.15, -0.1) is 0 Å². The maximum Gasteiger partial charge on any atom is 0.252 e. The van der Waals surface area contributed by atoms with Gasteiger partial charge in [-0.3, -0.25) is 0 Å². The maximum absolute atomic E-state index is 2.76. The minimum atomic E-state index is -0.147. The molecule has 11 rings (SSSR count). The van der Waals surface area contributed by atoms with Crippen molar-refractivity contribution in [1.82, 2.24) is 0 Å². The van der Waals surface area contributed by atoms with Gasteiger partial charge in [-0.25, -0.2) is 0 Å². The van der Waals surface area contributed by atoms with E-state index in [0.29, 0.717) is 0 Å². The Morgan fingerprint density at radius 3 is 1.53 bits per heavy atom. The van der Waals surface area contributed by atoms with Gasteiger partial charge in [-0.05, 0) is 107 Å². The average Bonchev–Trinajstić information content (AvgIpc) is 3.37. The molecule has 5 aliphatic rings. The van der Waals surface area contributed by atoms with Crippen LogP contribution in [0.3, 0.4) is 0 Å². The van der Waals surface area contributed by atoms with Crippen LogP contribution in [0.2, 0.25) is 0 Å². The van der Waals surface area contributed by atoms with Crippen LogP contribution < -0.4 is 31.1 Å². The highest BCUT2D eigenvalue weighted by Crippen LogP contribution is 2.61. The van der Waals surface area contributed by atoms with E-state index in [1.807, 2.05) is 0 Å². The molecule has 248 valence electrons. The van der Waals surface area contributed by atoms with Crippen molar-refractivity contribution in [2.45, 2.75) is 69.7 Å². The molecular formula is C47H42BN3. The van der Waals surface area contributed by atoms with Gasteiger partial charge in [-0.1, -0.05) is 112 Å². The first-order valence-electron chi connectivity index (χ1n) is 18.9. The van der Waals surface area contributed by atoms with Gasteiger partial charge in [0, 0.05) is 56.3 Å². The van der Waals surface area contributed by atoms with E-state index in [0.717, 1.165) is 0 Å². The van der Waals surface area contributed by atoms with Crippen molar-refractivity contribution in [2.75, 3.05) is 14.7 Å². The predicted octanol–water partition coefficient (Wildman–Crippen LogP) is 10.2. The molecular weight excluding hydrogens is 617 g/mol. The number of nitrogens with zero attached hydrogens (tertiary/aromatic N) is 3. The lowest BCUT2D eigenvalue weighted by Gasteiger charge is -2.52. The van der Waals surface area contributed by atoms with Crippen LogP contribution in [0.25, 0.3) is 0 Å². The van der Waals surface area contributed by atoms with Crippen molar-refractivity contribution in [3.05, 3.63) is 150 Å².